The molecule has 0 spiro atoms. The van der Waals surface area contributed by atoms with Crippen molar-refractivity contribution in [3.8, 4) is 22.4 Å². The second-order valence-corrected chi connectivity index (χ2v) is 4.27. The molecule has 92 valence electrons. The molecule has 0 saturated heterocycles. The molecule has 0 bridgehead atoms. The maximum Gasteiger partial charge on any atom is 0.127 e. The largest absolute Gasteiger partial charge is 0.384 e. The summed E-state index contributed by atoms with van der Waals surface area (Å²) in [4.78, 5) is 8.12. The van der Waals surface area contributed by atoms with Crippen LogP contribution in [0, 0.1) is 0 Å². The first-order valence-electron chi connectivity index (χ1n) is 6.06. The van der Waals surface area contributed by atoms with Gasteiger partial charge in [-0.1, -0.05) is 54.6 Å². The van der Waals surface area contributed by atoms with E-state index in [2.05, 4.69) is 34.2 Å². The molecule has 0 saturated carbocycles. The van der Waals surface area contributed by atoms with Gasteiger partial charge in [0.1, 0.15) is 12.1 Å². The minimum absolute atomic E-state index is 0.483. The van der Waals surface area contributed by atoms with Crippen molar-refractivity contribution in [3.05, 3.63) is 67.0 Å². The molecule has 0 aliphatic rings. The predicted octanol–water partition coefficient (Wildman–Crippen LogP) is 3.39. The Hall–Kier alpha value is -2.68. The van der Waals surface area contributed by atoms with E-state index in [0.717, 1.165) is 11.3 Å². The molecule has 2 aromatic carbocycles. The van der Waals surface area contributed by atoms with Crippen LogP contribution in [0.1, 0.15) is 0 Å². The first-order chi connectivity index (χ1) is 9.33. The molecule has 1 heterocycles. The van der Waals surface area contributed by atoms with Gasteiger partial charge in [-0.25, -0.2) is 9.97 Å². The van der Waals surface area contributed by atoms with Gasteiger partial charge in [-0.15, -0.1) is 0 Å². The van der Waals surface area contributed by atoms with E-state index in [0.29, 0.717) is 5.82 Å². The number of nitrogen functional groups attached to an aromatic ring is 1. The molecule has 3 rings (SSSR count). The Balaban J connectivity index is 1.95. The van der Waals surface area contributed by atoms with Gasteiger partial charge in [0, 0.05) is 11.6 Å². The van der Waals surface area contributed by atoms with E-state index in [1.165, 1.54) is 17.5 Å². The Morgan fingerprint density at radius 2 is 1.32 bits per heavy atom. The molecule has 19 heavy (non-hydrogen) atoms. The number of rotatable bonds is 2. The summed E-state index contributed by atoms with van der Waals surface area (Å²) in [5.74, 6) is 0.483. The fourth-order valence-corrected chi connectivity index (χ4v) is 1.99. The summed E-state index contributed by atoms with van der Waals surface area (Å²) < 4.78 is 0. The van der Waals surface area contributed by atoms with Gasteiger partial charge in [0.2, 0.25) is 0 Å². The topological polar surface area (TPSA) is 51.8 Å². The van der Waals surface area contributed by atoms with Crippen molar-refractivity contribution < 1.29 is 0 Å². The number of benzene rings is 2. The van der Waals surface area contributed by atoms with E-state index < -0.39 is 0 Å². The molecular formula is C16H13N3. The van der Waals surface area contributed by atoms with E-state index in [9.17, 15) is 0 Å². The Bertz CT molecular complexity index is 676. The Labute approximate surface area is 111 Å². The van der Waals surface area contributed by atoms with Gasteiger partial charge in [-0.3, -0.25) is 0 Å². The van der Waals surface area contributed by atoms with Gasteiger partial charge in [-0.2, -0.15) is 0 Å². The quantitative estimate of drug-likeness (QED) is 0.755. The third kappa shape index (κ3) is 2.45. The molecule has 3 aromatic rings. The molecule has 0 amide bonds. The fourth-order valence-electron chi connectivity index (χ4n) is 1.99. The second-order valence-electron chi connectivity index (χ2n) is 4.27. The summed E-state index contributed by atoms with van der Waals surface area (Å²) >= 11 is 0. The van der Waals surface area contributed by atoms with Crippen LogP contribution in [0.4, 0.5) is 5.82 Å². The van der Waals surface area contributed by atoms with Crippen molar-refractivity contribution in [1.29, 1.82) is 0 Å². The minimum Gasteiger partial charge on any atom is -0.384 e. The monoisotopic (exact) mass is 247 g/mol. The third-order valence-electron chi connectivity index (χ3n) is 2.98. The van der Waals surface area contributed by atoms with Crippen LogP contribution in [0.15, 0.2) is 67.0 Å². The second kappa shape index (κ2) is 4.90. The van der Waals surface area contributed by atoms with Crippen molar-refractivity contribution in [3.63, 3.8) is 0 Å². The lowest BCUT2D eigenvalue weighted by Crippen LogP contribution is -1.92. The smallest absolute Gasteiger partial charge is 0.127 e. The molecule has 3 heteroatoms. The van der Waals surface area contributed by atoms with E-state index in [1.807, 2.05) is 30.3 Å². The molecule has 0 atom stereocenters. The fraction of sp³-hybridized carbons (Fsp3) is 0. The van der Waals surface area contributed by atoms with Gasteiger partial charge >= 0.3 is 0 Å². The maximum absolute atomic E-state index is 5.67. The summed E-state index contributed by atoms with van der Waals surface area (Å²) in [6.07, 6.45) is 1.48. The van der Waals surface area contributed by atoms with Gasteiger partial charge in [0.15, 0.2) is 0 Å². The van der Waals surface area contributed by atoms with E-state index in [1.54, 1.807) is 6.07 Å². The predicted molar refractivity (Wildman–Crippen MR) is 77.3 cm³/mol. The van der Waals surface area contributed by atoms with Crippen molar-refractivity contribution in [1.82, 2.24) is 9.97 Å². The Morgan fingerprint density at radius 1 is 0.684 bits per heavy atom. The average molecular weight is 247 g/mol. The summed E-state index contributed by atoms with van der Waals surface area (Å²) in [5, 5.41) is 0. The Morgan fingerprint density at radius 3 is 2.00 bits per heavy atom. The van der Waals surface area contributed by atoms with Crippen LogP contribution in [0.3, 0.4) is 0 Å². The van der Waals surface area contributed by atoms with Crippen LogP contribution in [0.25, 0.3) is 22.4 Å². The number of nitrogens with two attached hydrogens (primary N) is 1. The zero-order chi connectivity index (χ0) is 13.1. The molecule has 0 aliphatic heterocycles. The molecule has 3 nitrogen and oxygen atoms in total. The summed E-state index contributed by atoms with van der Waals surface area (Å²) in [6, 6.07) is 20.3. The van der Waals surface area contributed by atoms with Gasteiger partial charge < -0.3 is 5.73 Å². The highest BCUT2D eigenvalue weighted by molar-refractivity contribution is 5.69. The third-order valence-corrected chi connectivity index (χ3v) is 2.98. The number of nitrogens with zero attached hydrogens (tertiary/aromatic N) is 2. The summed E-state index contributed by atoms with van der Waals surface area (Å²) in [7, 11) is 0. The number of hydrogen-bond acceptors (Lipinski definition) is 3. The molecule has 0 radical (unpaired) electrons. The highest BCUT2D eigenvalue weighted by Gasteiger charge is 2.01. The average Bonchev–Trinajstić information content (AvgIpc) is 2.48. The molecule has 2 N–H and O–H groups in total. The van der Waals surface area contributed by atoms with Crippen molar-refractivity contribution in [2.45, 2.75) is 0 Å². The van der Waals surface area contributed by atoms with Crippen LogP contribution < -0.4 is 5.73 Å². The standard InChI is InChI=1S/C16H13N3/c17-16-10-15(18-11-19-16)14-8-6-13(7-9-14)12-4-2-1-3-5-12/h1-11H,(H2,17,18,19). The van der Waals surface area contributed by atoms with Gasteiger partial charge in [0.25, 0.3) is 0 Å². The molecule has 1 aromatic heterocycles. The Kier molecular flexibility index (Phi) is 2.94. The maximum atomic E-state index is 5.67. The van der Waals surface area contributed by atoms with E-state index in [-0.39, 0.29) is 0 Å². The lowest BCUT2D eigenvalue weighted by atomic mass is 10.0. The molecule has 0 fully saturated rings. The summed E-state index contributed by atoms with van der Waals surface area (Å²) in [6.45, 7) is 0. The lowest BCUT2D eigenvalue weighted by Gasteiger charge is -2.04. The van der Waals surface area contributed by atoms with Crippen LogP contribution >= 0.6 is 0 Å². The van der Waals surface area contributed by atoms with Crippen molar-refractivity contribution in [2.24, 2.45) is 0 Å². The van der Waals surface area contributed by atoms with Crippen LogP contribution in [-0.2, 0) is 0 Å². The SMILES string of the molecule is Nc1cc(-c2ccc(-c3ccccc3)cc2)ncn1. The molecule has 0 aliphatic carbocycles. The van der Waals surface area contributed by atoms with Crippen molar-refractivity contribution in [2.75, 3.05) is 5.73 Å². The van der Waals surface area contributed by atoms with E-state index in [4.69, 9.17) is 5.73 Å². The number of anilines is 1. The van der Waals surface area contributed by atoms with E-state index >= 15 is 0 Å². The first kappa shape index (κ1) is 11.4. The van der Waals surface area contributed by atoms with Crippen LogP contribution in [0.2, 0.25) is 0 Å². The normalized spacial score (nSPS) is 10.3. The summed E-state index contributed by atoms with van der Waals surface area (Å²) in [5.41, 5.74) is 9.93. The molecule has 0 unspecified atom stereocenters. The number of hydrogen-bond donors (Lipinski definition) is 1. The highest BCUT2D eigenvalue weighted by atomic mass is 14.9. The first-order valence-corrected chi connectivity index (χ1v) is 6.06. The zero-order valence-corrected chi connectivity index (χ0v) is 10.3. The van der Waals surface area contributed by atoms with Gasteiger partial charge in [-0.05, 0) is 11.1 Å². The molecular weight excluding hydrogens is 234 g/mol. The lowest BCUT2D eigenvalue weighted by molar-refractivity contribution is 1.18. The highest BCUT2D eigenvalue weighted by Crippen LogP contribution is 2.23. The van der Waals surface area contributed by atoms with Crippen LogP contribution in [-0.4, -0.2) is 9.97 Å². The van der Waals surface area contributed by atoms with Gasteiger partial charge in [0.05, 0.1) is 5.69 Å². The number of aromatic nitrogens is 2. The van der Waals surface area contributed by atoms with Crippen LogP contribution in [0.5, 0.6) is 0 Å². The zero-order valence-electron chi connectivity index (χ0n) is 10.3. The van der Waals surface area contributed by atoms with Crippen molar-refractivity contribution >= 4 is 5.82 Å². The minimum atomic E-state index is 0.483.